The summed E-state index contributed by atoms with van der Waals surface area (Å²) in [6.45, 7) is 0. The standard InChI is InChI=1S/C33H26FN3O3/c1-40-31(39)29(36-30(38)24-14-6-2-7-15-24)22-28-23-37(32(34)35-28)33(25-16-8-3-9-17-25,26-18-10-4-11-19-26)27-20-12-5-13-21-27/h2-23H,1H3,(H,36,38). The number of nitrogens with zero attached hydrogens (tertiary/aromatic N) is 2. The summed E-state index contributed by atoms with van der Waals surface area (Å²) in [6, 6.07) is 37.2. The summed E-state index contributed by atoms with van der Waals surface area (Å²) in [5.74, 6) is -1.30. The Morgan fingerprint density at radius 1 is 0.775 bits per heavy atom. The lowest BCUT2D eigenvalue weighted by molar-refractivity contribution is -0.136. The average Bonchev–Trinajstić information content (AvgIpc) is 3.38. The highest BCUT2D eigenvalue weighted by Crippen LogP contribution is 2.41. The smallest absolute Gasteiger partial charge is 0.354 e. The van der Waals surface area contributed by atoms with Gasteiger partial charge in [-0.2, -0.15) is 4.39 Å². The number of carbonyl (C=O) groups excluding carboxylic acids is 2. The number of benzene rings is 4. The van der Waals surface area contributed by atoms with Crippen LogP contribution < -0.4 is 5.32 Å². The third kappa shape index (κ3) is 5.05. The third-order valence-electron chi connectivity index (χ3n) is 6.60. The number of amides is 1. The number of hydrogen-bond donors (Lipinski definition) is 1. The van der Waals surface area contributed by atoms with E-state index >= 15 is 4.39 Å². The highest BCUT2D eigenvalue weighted by Gasteiger charge is 2.40. The van der Waals surface area contributed by atoms with Gasteiger partial charge in [-0.05, 0) is 34.9 Å². The van der Waals surface area contributed by atoms with E-state index < -0.39 is 23.5 Å². The van der Waals surface area contributed by atoms with Gasteiger partial charge in [-0.3, -0.25) is 9.36 Å². The van der Waals surface area contributed by atoms with Crippen LogP contribution in [-0.2, 0) is 15.1 Å². The minimum atomic E-state index is -1.13. The van der Waals surface area contributed by atoms with Crippen LogP contribution in [0.5, 0.6) is 0 Å². The molecule has 4 aromatic carbocycles. The van der Waals surface area contributed by atoms with E-state index in [0.29, 0.717) is 5.56 Å². The third-order valence-corrected chi connectivity index (χ3v) is 6.60. The van der Waals surface area contributed by atoms with Crippen molar-refractivity contribution in [1.29, 1.82) is 0 Å². The Kier molecular flexibility index (Phi) is 7.64. The molecule has 5 aromatic rings. The fourth-order valence-electron chi connectivity index (χ4n) is 4.82. The summed E-state index contributed by atoms with van der Waals surface area (Å²) in [7, 11) is 1.20. The Hall–Kier alpha value is -5.30. The number of rotatable bonds is 8. The predicted molar refractivity (Wildman–Crippen MR) is 151 cm³/mol. The molecule has 0 saturated carbocycles. The molecule has 0 atom stereocenters. The second kappa shape index (κ2) is 11.6. The van der Waals surface area contributed by atoms with Gasteiger partial charge in [0, 0.05) is 11.8 Å². The van der Waals surface area contributed by atoms with Crippen LogP contribution in [0.15, 0.2) is 133 Å². The average molecular weight is 532 g/mol. The zero-order valence-electron chi connectivity index (χ0n) is 21.7. The molecule has 6 nitrogen and oxygen atoms in total. The molecule has 198 valence electrons. The topological polar surface area (TPSA) is 73.2 Å². The van der Waals surface area contributed by atoms with Crippen LogP contribution in [-0.4, -0.2) is 28.5 Å². The Labute approximate surface area is 231 Å². The summed E-state index contributed by atoms with van der Waals surface area (Å²) in [6.07, 6.45) is 2.05. The molecule has 1 heterocycles. The van der Waals surface area contributed by atoms with Crippen LogP contribution in [0.2, 0.25) is 0 Å². The molecule has 0 saturated heterocycles. The lowest BCUT2D eigenvalue weighted by Crippen LogP contribution is -2.38. The maximum atomic E-state index is 16.0. The van der Waals surface area contributed by atoms with Gasteiger partial charge in [0.1, 0.15) is 11.2 Å². The van der Waals surface area contributed by atoms with Crippen LogP contribution in [0, 0.1) is 6.08 Å². The van der Waals surface area contributed by atoms with Crippen LogP contribution in [0.1, 0.15) is 32.7 Å². The maximum absolute atomic E-state index is 16.0. The minimum Gasteiger partial charge on any atom is -0.464 e. The van der Waals surface area contributed by atoms with Gasteiger partial charge in [0.05, 0.1) is 12.8 Å². The molecule has 0 fully saturated rings. The Morgan fingerprint density at radius 2 is 1.23 bits per heavy atom. The highest BCUT2D eigenvalue weighted by molar-refractivity contribution is 6.03. The fraction of sp³-hybridized carbons (Fsp3) is 0.0606. The number of nitrogens with one attached hydrogen (secondary N) is 1. The van der Waals surface area contributed by atoms with Crippen molar-refractivity contribution < 1.29 is 18.7 Å². The number of halogens is 1. The van der Waals surface area contributed by atoms with Crippen LogP contribution in [0.4, 0.5) is 4.39 Å². The van der Waals surface area contributed by atoms with E-state index in [2.05, 4.69) is 10.3 Å². The van der Waals surface area contributed by atoms with Crippen LogP contribution in [0.3, 0.4) is 0 Å². The van der Waals surface area contributed by atoms with Gasteiger partial charge < -0.3 is 10.1 Å². The summed E-state index contributed by atoms with van der Waals surface area (Å²) in [4.78, 5) is 29.5. The van der Waals surface area contributed by atoms with Crippen molar-refractivity contribution in [2.45, 2.75) is 5.54 Å². The van der Waals surface area contributed by atoms with E-state index in [1.165, 1.54) is 23.9 Å². The molecular formula is C33H26FN3O3. The van der Waals surface area contributed by atoms with Gasteiger partial charge in [0.25, 0.3) is 12.0 Å². The number of methoxy groups -OCH3 is 1. The molecule has 1 aromatic heterocycles. The van der Waals surface area contributed by atoms with Gasteiger partial charge in [-0.15, -0.1) is 0 Å². The first-order chi connectivity index (χ1) is 19.5. The molecule has 0 aliphatic heterocycles. The van der Waals surface area contributed by atoms with Crippen molar-refractivity contribution >= 4 is 18.0 Å². The quantitative estimate of drug-likeness (QED) is 0.156. The van der Waals surface area contributed by atoms with E-state index in [4.69, 9.17) is 4.74 Å². The second-order valence-electron chi connectivity index (χ2n) is 8.98. The van der Waals surface area contributed by atoms with Gasteiger partial charge in [-0.25, -0.2) is 9.78 Å². The zero-order valence-corrected chi connectivity index (χ0v) is 21.7. The first-order valence-corrected chi connectivity index (χ1v) is 12.6. The summed E-state index contributed by atoms with van der Waals surface area (Å²) in [5, 5.41) is 2.57. The molecule has 0 bridgehead atoms. The molecular weight excluding hydrogens is 505 g/mol. The van der Waals surface area contributed by atoms with Crippen molar-refractivity contribution in [2.24, 2.45) is 0 Å². The number of esters is 1. The van der Waals surface area contributed by atoms with Gasteiger partial charge in [-0.1, -0.05) is 109 Å². The highest BCUT2D eigenvalue weighted by atomic mass is 19.1. The van der Waals surface area contributed by atoms with E-state index in [9.17, 15) is 9.59 Å². The number of aromatic nitrogens is 2. The number of ether oxygens (including phenoxy) is 1. The monoisotopic (exact) mass is 531 g/mol. The lowest BCUT2D eigenvalue weighted by atomic mass is 9.76. The normalized spacial score (nSPS) is 11.6. The lowest BCUT2D eigenvalue weighted by Gasteiger charge is -2.37. The van der Waals surface area contributed by atoms with E-state index in [1.807, 2.05) is 91.0 Å². The first-order valence-electron chi connectivity index (χ1n) is 12.6. The molecule has 0 aliphatic carbocycles. The molecule has 0 unspecified atom stereocenters. The molecule has 5 rings (SSSR count). The van der Waals surface area contributed by atoms with E-state index in [-0.39, 0.29) is 11.4 Å². The van der Waals surface area contributed by atoms with Crippen molar-refractivity contribution in [3.05, 3.63) is 167 Å². The zero-order chi connectivity index (χ0) is 28.0. The minimum absolute atomic E-state index is 0.124. The van der Waals surface area contributed by atoms with Crippen molar-refractivity contribution in [1.82, 2.24) is 14.9 Å². The largest absolute Gasteiger partial charge is 0.464 e. The van der Waals surface area contributed by atoms with Gasteiger partial charge in [0.2, 0.25) is 0 Å². The predicted octanol–water partition coefficient (Wildman–Crippen LogP) is 5.81. The number of hydrogen-bond acceptors (Lipinski definition) is 4. The van der Waals surface area contributed by atoms with Gasteiger partial charge >= 0.3 is 5.97 Å². The van der Waals surface area contributed by atoms with E-state index in [1.54, 1.807) is 30.3 Å². The SMILES string of the molecule is COC(=O)C(=Cc1cn(C(c2ccccc2)(c2ccccc2)c2ccccc2)c(F)n1)NC(=O)c1ccccc1. The number of imidazole rings is 1. The molecule has 40 heavy (non-hydrogen) atoms. The molecule has 7 heteroatoms. The molecule has 0 aliphatic rings. The van der Waals surface area contributed by atoms with Crippen molar-refractivity contribution in [3.8, 4) is 0 Å². The summed E-state index contributed by atoms with van der Waals surface area (Å²) < 4.78 is 22.4. The summed E-state index contributed by atoms with van der Waals surface area (Å²) >= 11 is 0. The summed E-state index contributed by atoms with van der Waals surface area (Å²) in [5.41, 5.74) is 1.60. The van der Waals surface area contributed by atoms with Crippen molar-refractivity contribution in [3.63, 3.8) is 0 Å². The Bertz CT molecular complexity index is 1540. The first kappa shape index (κ1) is 26.3. The molecule has 0 radical (unpaired) electrons. The second-order valence-corrected chi connectivity index (χ2v) is 8.98. The molecule has 1 N–H and O–H groups in total. The number of carbonyl (C=O) groups is 2. The van der Waals surface area contributed by atoms with E-state index in [0.717, 1.165) is 16.7 Å². The molecule has 1 amide bonds. The van der Waals surface area contributed by atoms with Gasteiger partial charge in [0.15, 0.2) is 0 Å². The molecule has 0 spiro atoms. The van der Waals surface area contributed by atoms with Crippen molar-refractivity contribution in [2.75, 3.05) is 7.11 Å². The van der Waals surface area contributed by atoms with Crippen LogP contribution >= 0.6 is 0 Å². The Morgan fingerprint density at radius 3 is 1.68 bits per heavy atom. The van der Waals surface area contributed by atoms with Crippen LogP contribution in [0.25, 0.3) is 6.08 Å². The maximum Gasteiger partial charge on any atom is 0.354 e. The fourth-order valence-corrected chi connectivity index (χ4v) is 4.82. The Balaban J connectivity index is 1.69.